The third-order valence-electron chi connectivity index (χ3n) is 1.38. The first-order valence-electron chi connectivity index (χ1n) is 3.72. The maximum Gasteiger partial charge on any atom is 0.147 e. The number of azide groups is 1. The Morgan fingerprint density at radius 1 is 1.57 bits per heavy atom. The number of nitrogens with zero attached hydrogens (tertiary/aromatic N) is 4. The smallest absolute Gasteiger partial charge is 0.147 e. The third kappa shape index (κ3) is 3.26. The summed E-state index contributed by atoms with van der Waals surface area (Å²) in [4.78, 5) is 6.47. The number of halogens is 2. The lowest BCUT2D eigenvalue weighted by Gasteiger charge is -1.95. The van der Waals surface area contributed by atoms with E-state index >= 15 is 0 Å². The van der Waals surface area contributed by atoms with Crippen molar-refractivity contribution in [1.29, 1.82) is 0 Å². The fourth-order valence-electron chi connectivity index (χ4n) is 0.800. The van der Waals surface area contributed by atoms with E-state index in [2.05, 4.69) is 15.0 Å². The van der Waals surface area contributed by atoms with E-state index in [9.17, 15) is 0 Å². The Balaban J connectivity index is 2.72. The molecule has 0 amide bonds. The van der Waals surface area contributed by atoms with E-state index in [1.807, 2.05) is 0 Å². The van der Waals surface area contributed by atoms with Gasteiger partial charge in [0.15, 0.2) is 0 Å². The van der Waals surface area contributed by atoms with E-state index in [4.69, 9.17) is 28.7 Å². The van der Waals surface area contributed by atoms with Crippen LogP contribution in [0.15, 0.2) is 23.5 Å². The quantitative estimate of drug-likeness (QED) is 0.337. The van der Waals surface area contributed by atoms with Gasteiger partial charge in [-0.05, 0) is 17.2 Å². The molecule has 6 heteroatoms. The summed E-state index contributed by atoms with van der Waals surface area (Å²) in [5, 5.41) is 4.02. The summed E-state index contributed by atoms with van der Waals surface area (Å²) in [6, 6.07) is 1.68. The van der Waals surface area contributed by atoms with Crippen LogP contribution in [0.3, 0.4) is 0 Å². The van der Waals surface area contributed by atoms with Crippen LogP contribution in [0.4, 0.5) is 0 Å². The zero-order chi connectivity index (χ0) is 10.4. The lowest BCUT2D eigenvalue weighted by molar-refractivity contribution is 1.22. The minimum absolute atomic E-state index is 0.277. The minimum atomic E-state index is 0.277. The maximum absolute atomic E-state index is 8.02. The fourth-order valence-corrected chi connectivity index (χ4v) is 1.08. The second kappa shape index (κ2) is 5.50. The van der Waals surface area contributed by atoms with Crippen molar-refractivity contribution in [2.75, 3.05) is 6.54 Å². The molecule has 0 N–H and O–H groups in total. The molecule has 0 bridgehead atoms. The molecule has 0 aromatic carbocycles. The van der Waals surface area contributed by atoms with Crippen molar-refractivity contribution < 1.29 is 0 Å². The van der Waals surface area contributed by atoms with Crippen LogP contribution in [-0.4, -0.2) is 11.5 Å². The Kier molecular flexibility index (Phi) is 4.26. The first-order valence-corrected chi connectivity index (χ1v) is 4.48. The first kappa shape index (κ1) is 10.9. The van der Waals surface area contributed by atoms with Crippen LogP contribution in [0.5, 0.6) is 0 Å². The van der Waals surface area contributed by atoms with Crippen molar-refractivity contribution in [1.82, 2.24) is 4.98 Å². The van der Waals surface area contributed by atoms with Crippen molar-refractivity contribution in [3.05, 3.63) is 44.5 Å². The van der Waals surface area contributed by atoms with Crippen molar-refractivity contribution in [2.24, 2.45) is 5.11 Å². The van der Waals surface area contributed by atoms with Gasteiger partial charge in [0.1, 0.15) is 5.15 Å². The first-order chi connectivity index (χ1) is 6.74. The summed E-state index contributed by atoms with van der Waals surface area (Å²) in [6.07, 6.45) is 5.05. The molecule has 1 aromatic rings. The molecule has 0 saturated heterocycles. The Morgan fingerprint density at radius 2 is 2.36 bits per heavy atom. The van der Waals surface area contributed by atoms with Crippen LogP contribution in [-0.2, 0) is 0 Å². The number of pyridine rings is 1. The molecule has 0 fully saturated rings. The van der Waals surface area contributed by atoms with Crippen LogP contribution in [0.25, 0.3) is 16.5 Å². The van der Waals surface area contributed by atoms with Gasteiger partial charge in [-0.15, -0.1) is 0 Å². The van der Waals surface area contributed by atoms with Crippen molar-refractivity contribution in [3.8, 4) is 0 Å². The summed E-state index contributed by atoms with van der Waals surface area (Å²) in [7, 11) is 0. The summed E-state index contributed by atoms with van der Waals surface area (Å²) in [5.41, 5.74) is 8.83. The zero-order valence-corrected chi connectivity index (χ0v) is 8.57. The molecule has 0 radical (unpaired) electrons. The normalized spacial score (nSPS) is 10.1. The Bertz CT molecular complexity index is 396. The van der Waals surface area contributed by atoms with Crippen LogP contribution in [0.2, 0.25) is 10.2 Å². The number of aromatic nitrogens is 1. The second-order valence-electron chi connectivity index (χ2n) is 2.36. The summed E-state index contributed by atoms with van der Waals surface area (Å²) >= 11 is 11.4. The SMILES string of the molecule is [N-]=[N+]=NCC=Cc1cnc(Cl)c(Cl)c1. The molecule has 14 heavy (non-hydrogen) atoms. The maximum atomic E-state index is 8.02. The standard InChI is InChI=1S/C8H6Cl2N4/c9-7-4-6(5-12-8(7)10)2-1-3-13-14-11/h1-2,4-5H,3H2. The van der Waals surface area contributed by atoms with Crippen LogP contribution in [0.1, 0.15) is 5.56 Å². The molecule has 1 heterocycles. The van der Waals surface area contributed by atoms with Crippen molar-refractivity contribution in [3.63, 3.8) is 0 Å². The predicted molar refractivity (Wildman–Crippen MR) is 57.3 cm³/mol. The van der Waals surface area contributed by atoms with E-state index < -0.39 is 0 Å². The largest absolute Gasteiger partial charge is 0.242 e. The number of hydrogen-bond donors (Lipinski definition) is 0. The van der Waals surface area contributed by atoms with Gasteiger partial charge in [-0.3, -0.25) is 0 Å². The molecule has 0 aliphatic rings. The Hall–Kier alpha value is -1.22. The molecular weight excluding hydrogens is 223 g/mol. The highest BCUT2D eigenvalue weighted by Gasteiger charge is 1.97. The minimum Gasteiger partial charge on any atom is -0.242 e. The fraction of sp³-hybridized carbons (Fsp3) is 0.125. The van der Waals surface area contributed by atoms with Gasteiger partial charge in [0.2, 0.25) is 0 Å². The van der Waals surface area contributed by atoms with Gasteiger partial charge in [-0.1, -0.05) is 40.5 Å². The summed E-state index contributed by atoms with van der Waals surface area (Å²) < 4.78 is 0. The molecule has 0 atom stereocenters. The van der Waals surface area contributed by atoms with Gasteiger partial charge >= 0.3 is 0 Å². The molecule has 4 nitrogen and oxygen atoms in total. The van der Waals surface area contributed by atoms with Crippen LogP contribution in [0, 0.1) is 0 Å². The monoisotopic (exact) mass is 228 g/mol. The van der Waals surface area contributed by atoms with E-state index in [1.165, 1.54) is 0 Å². The third-order valence-corrected chi connectivity index (χ3v) is 2.06. The molecule has 72 valence electrons. The van der Waals surface area contributed by atoms with E-state index in [0.29, 0.717) is 11.6 Å². The van der Waals surface area contributed by atoms with Gasteiger partial charge in [-0.2, -0.15) is 0 Å². The highest BCUT2D eigenvalue weighted by molar-refractivity contribution is 6.41. The van der Waals surface area contributed by atoms with E-state index in [-0.39, 0.29) is 5.15 Å². The van der Waals surface area contributed by atoms with Crippen molar-refractivity contribution >= 4 is 29.3 Å². The average Bonchev–Trinajstić information content (AvgIpc) is 2.18. The summed E-state index contributed by atoms with van der Waals surface area (Å²) in [5.74, 6) is 0. The molecule has 1 aromatic heterocycles. The average molecular weight is 229 g/mol. The van der Waals surface area contributed by atoms with E-state index in [1.54, 1.807) is 24.4 Å². The predicted octanol–water partition coefficient (Wildman–Crippen LogP) is 3.71. The van der Waals surface area contributed by atoms with Gasteiger partial charge in [0, 0.05) is 17.7 Å². The molecule has 0 spiro atoms. The number of rotatable bonds is 3. The molecule has 0 aliphatic carbocycles. The van der Waals surface area contributed by atoms with Gasteiger partial charge < -0.3 is 0 Å². The lowest BCUT2D eigenvalue weighted by atomic mass is 10.2. The zero-order valence-electron chi connectivity index (χ0n) is 7.06. The number of hydrogen-bond acceptors (Lipinski definition) is 2. The van der Waals surface area contributed by atoms with Crippen molar-refractivity contribution in [2.45, 2.75) is 0 Å². The highest BCUT2D eigenvalue weighted by Crippen LogP contribution is 2.20. The molecule has 0 saturated carbocycles. The van der Waals surface area contributed by atoms with Crippen LogP contribution >= 0.6 is 23.2 Å². The Labute approximate surface area is 90.8 Å². The molecular formula is C8H6Cl2N4. The van der Waals surface area contributed by atoms with Gasteiger partial charge in [0.05, 0.1) is 5.02 Å². The highest BCUT2D eigenvalue weighted by atomic mass is 35.5. The molecule has 0 aliphatic heterocycles. The molecule has 0 unspecified atom stereocenters. The van der Waals surface area contributed by atoms with Gasteiger partial charge in [0.25, 0.3) is 0 Å². The topological polar surface area (TPSA) is 61.7 Å². The van der Waals surface area contributed by atoms with Crippen LogP contribution < -0.4 is 0 Å². The molecule has 1 rings (SSSR count). The Morgan fingerprint density at radius 3 is 3.00 bits per heavy atom. The van der Waals surface area contributed by atoms with E-state index in [0.717, 1.165) is 5.56 Å². The summed E-state index contributed by atoms with van der Waals surface area (Å²) in [6.45, 7) is 0.302. The van der Waals surface area contributed by atoms with Gasteiger partial charge in [-0.25, -0.2) is 4.98 Å². The second-order valence-corrected chi connectivity index (χ2v) is 3.12. The lowest BCUT2D eigenvalue weighted by Crippen LogP contribution is -1.79.